The number of nitrogens with two attached hydrogens (primary N) is 1. The van der Waals surface area contributed by atoms with E-state index >= 15 is 0 Å². The van der Waals surface area contributed by atoms with Gasteiger partial charge in [0.25, 0.3) is 0 Å². The fourth-order valence-corrected chi connectivity index (χ4v) is 0.590. The van der Waals surface area contributed by atoms with E-state index in [0.717, 1.165) is 0 Å². The number of hydrogen-bond acceptors (Lipinski definition) is 2. The van der Waals surface area contributed by atoms with Crippen LogP contribution in [0.15, 0.2) is 12.3 Å². The van der Waals surface area contributed by atoms with E-state index in [2.05, 4.69) is 18.3 Å². The van der Waals surface area contributed by atoms with Crippen LogP contribution in [0.5, 0.6) is 0 Å². The first-order chi connectivity index (χ1) is 3.30. The van der Waals surface area contributed by atoms with Gasteiger partial charge in [-0.05, 0) is 6.20 Å². The lowest BCUT2D eigenvalue weighted by molar-refractivity contribution is 0.532. The summed E-state index contributed by atoms with van der Waals surface area (Å²) in [5.41, 5.74) is 5.50. The Morgan fingerprint density at radius 2 is 2.43 bits per heavy atom. The molecular formula is C5H10N2. The molecule has 2 atom stereocenters. The second-order valence-electron chi connectivity index (χ2n) is 1.91. The minimum atomic E-state index is 0.153. The normalized spacial score (nSPS) is 38.6. The lowest BCUT2D eigenvalue weighted by atomic mass is 10.2. The first kappa shape index (κ1) is 4.65. The highest BCUT2D eigenvalue weighted by atomic mass is 15.0. The van der Waals surface area contributed by atoms with Crippen LogP contribution in [-0.4, -0.2) is 6.17 Å². The molecule has 1 heterocycles. The molecule has 1 aliphatic rings. The van der Waals surface area contributed by atoms with Crippen molar-refractivity contribution in [3.8, 4) is 0 Å². The van der Waals surface area contributed by atoms with E-state index in [0.29, 0.717) is 5.92 Å². The predicted octanol–water partition coefficient (Wildman–Crippen LogP) is 0.0242. The SMILES string of the molecule is CC1C=CNC1N. The molecule has 40 valence electrons. The van der Waals surface area contributed by atoms with Gasteiger partial charge in [-0.25, -0.2) is 0 Å². The van der Waals surface area contributed by atoms with Crippen LogP contribution in [-0.2, 0) is 0 Å². The highest BCUT2D eigenvalue weighted by molar-refractivity contribution is 4.97. The van der Waals surface area contributed by atoms with Crippen molar-refractivity contribution in [1.82, 2.24) is 5.32 Å². The molecule has 0 radical (unpaired) electrons. The van der Waals surface area contributed by atoms with Crippen LogP contribution < -0.4 is 11.1 Å². The standard InChI is InChI=1S/C5H10N2/c1-4-2-3-7-5(4)6/h2-5,7H,6H2,1H3. The number of nitrogens with one attached hydrogen (secondary N) is 1. The Morgan fingerprint density at radius 3 is 2.57 bits per heavy atom. The van der Waals surface area contributed by atoms with Crippen LogP contribution in [0.2, 0.25) is 0 Å². The van der Waals surface area contributed by atoms with Gasteiger partial charge in [0.15, 0.2) is 0 Å². The highest BCUT2D eigenvalue weighted by Gasteiger charge is 2.10. The maximum atomic E-state index is 5.50. The van der Waals surface area contributed by atoms with Gasteiger partial charge >= 0.3 is 0 Å². The lowest BCUT2D eigenvalue weighted by Gasteiger charge is -2.07. The molecule has 0 spiro atoms. The molecule has 1 aliphatic heterocycles. The molecule has 2 heteroatoms. The van der Waals surface area contributed by atoms with Crippen LogP contribution >= 0.6 is 0 Å². The van der Waals surface area contributed by atoms with Crippen molar-refractivity contribution < 1.29 is 0 Å². The van der Waals surface area contributed by atoms with Crippen molar-refractivity contribution >= 4 is 0 Å². The third-order valence-electron chi connectivity index (χ3n) is 1.25. The molecule has 0 saturated carbocycles. The van der Waals surface area contributed by atoms with E-state index in [1.54, 1.807) is 0 Å². The third kappa shape index (κ3) is 0.747. The van der Waals surface area contributed by atoms with E-state index in [1.807, 2.05) is 6.20 Å². The van der Waals surface area contributed by atoms with Gasteiger partial charge in [0.05, 0.1) is 6.17 Å². The molecule has 1 rings (SSSR count). The van der Waals surface area contributed by atoms with Gasteiger partial charge in [0.2, 0.25) is 0 Å². The summed E-state index contributed by atoms with van der Waals surface area (Å²) >= 11 is 0. The molecule has 7 heavy (non-hydrogen) atoms. The van der Waals surface area contributed by atoms with E-state index < -0.39 is 0 Å². The topological polar surface area (TPSA) is 38.0 Å². The van der Waals surface area contributed by atoms with Gasteiger partial charge in [-0.3, -0.25) is 0 Å². The van der Waals surface area contributed by atoms with Gasteiger partial charge < -0.3 is 11.1 Å². The van der Waals surface area contributed by atoms with Crippen molar-refractivity contribution in [2.45, 2.75) is 13.1 Å². The molecule has 0 aromatic rings. The molecular weight excluding hydrogens is 88.1 g/mol. The Balaban J connectivity index is 2.45. The summed E-state index contributed by atoms with van der Waals surface area (Å²) in [6, 6.07) is 0. The van der Waals surface area contributed by atoms with Crippen LogP contribution in [0, 0.1) is 5.92 Å². The molecule has 0 aliphatic carbocycles. The summed E-state index contributed by atoms with van der Waals surface area (Å²) in [7, 11) is 0. The van der Waals surface area contributed by atoms with Gasteiger partial charge in [0.1, 0.15) is 0 Å². The molecule has 3 N–H and O–H groups in total. The van der Waals surface area contributed by atoms with E-state index in [9.17, 15) is 0 Å². The molecule has 0 fully saturated rings. The largest absolute Gasteiger partial charge is 0.376 e. The smallest absolute Gasteiger partial charge is 0.0799 e. The van der Waals surface area contributed by atoms with Crippen molar-refractivity contribution in [1.29, 1.82) is 0 Å². The zero-order valence-electron chi connectivity index (χ0n) is 4.39. The van der Waals surface area contributed by atoms with Crippen molar-refractivity contribution in [3.05, 3.63) is 12.3 Å². The summed E-state index contributed by atoms with van der Waals surface area (Å²) in [4.78, 5) is 0. The summed E-state index contributed by atoms with van der Waals surface area (Å²) in [6.45, 7) is 2.08. The Morgan fingerprint density at radius 1 is 1.71 bits per heavy atom. The van der Waals surface area contributed by atoms with Crippen LogP contribution in [0.1, 0.15) is 6.92 Å². The Hall–Kier alpha value is -0.500. The van der Waals surface area contributed by atoms with Crippen molar-refractivity contribution in [2.75, 3.05) is 0 Å². The average Bonchev–Trinajstić information content (AvgIpc) is 1.91. The maximum absolute atomic E-state index is 5.50. The summed E-state index contributed by atoms with van der Waals surface area (Å²) in [5.74, 6) is 0.500. The lowest BCUT2D eigenvalue weighted by Crippen LogP contribution is -2.34. The van der Waals surface area contributed by atoms with E-state index in [4.69, 9.17) is 5.73 Å². The molecule has 0 bridgehead atoms. The maximum Gasteiger partial charge on any atom is 0.0799 e. The Labute approximate surface area is 43.4 Å². The number of hydrogen-bond donors (Lipinski definition) is 2. The minimum absolute atomic E-state index is 0.153. The predicted molar refractivity (Wildman–Crippen MR) is 29.4 cm³/mol. The summed E-state index contributed by atoms with van der Waals surface area (Å²) in [5, 5.41) is 2.97. The van der Waals surface area contributed by atoms with Crippen LogP contribution in [0.3, 0.4) is 0 Å². The fraction of sp³-hybridized carbons (Fsp3) is 0.600. The van der Waals surface area contributed by atoms with Crippen LogP contribution in [0.4, 0.5) is 0 Å². The molecule has 0 aromatic carbocycles. The Kier molecular flexibility index (Phi) is 1.02. The average molecular weight is 98.1 g/mol. The van der Waals surface area contributed by atoms with Gasteiger partial charge in [-0.15, -0.1) is 0 Å². The van der Waals surface area contributed by atoms with Gasteiger partial charge in [-0.1, -0.05) is 13.0 Å². The third-order valence-corrected chi connectivity index (χ3v) is 1.25. The van der Waals surface area contributed by atoms with Crippen LogP contribution in [0.25, 0.3) is 0 Å². The van der Waals surface area contributed by atoms with Crippen molar-refractivity contribution in [3.63, 3.8) is 0 Å². The number of rotatable bonds is 0. The highest BCUT2D eigenvalue weighted by Crippen LogP contribution is 2.04. The second kappa shape index (κ2) is 1.54. The van der Waals surface area contributed by atoms with Gasteiger partial charge in [0, 0.05) is 5.92 Å². The second-order valence-corrected chi connectivity index (χ2v) is 1.91. The minimum Gasteiger partial charge on any atom is -0.376 e. The zero-order valence-corrected chi connectivity index (χ0v) is 4.39. The molecule has 2 unspecified atom stereocenters. The Bertz CT molecular complexity index is 88.1. The first-order valence-electron chi connectivity index (χ1n) is 2.49. The molecule has 0 aromatic heterocycles. The molecule has 0 amide bonds. The van der Waals surface area contributed by atoms with Gasteiger partial charge in [-0.2, -0.15) is 0 Å². The molecule has 2 nitrogen and oxygen atoms in total. The van der Waals surface area contributed by atoms with E-state index in [-0.39, 0.29) is 6.17 Å². The summed E-state index contributed by atoms with van der Waals surface area (Å²) in [6.07, 6.45) is 4.11. The van der Waals surface area contributed by atoms with Crippen molar-refractivity contribution in [2.24, 2.45) is 11.7 Å². The molecule has 0 saturated heterocycles. The van der Waals surface area contributed by atoms with E-state index in [1.165, 1.54) is 0 Å². The first-order valence-corrected chi connectivity index (χ1v) is 2.49. The monoisotopic (exact) mass is 98.1 g/mol. The quantitative estimate of drug-likeness (QED) is 0.448. The summed E-state index contributed by atoms with van der Waals surface area (Å²) < 4.78 is 0. The zero-order chi connectivity index (χ0) is 5.28. The fourth-order valence-electron chi connectivity index (χ4n) is 0.590.